The normalized spacial score (nSPS) is 15.4. The lowest BCUT2D eigenvalue weighted by molar-refractivity contribution is -0.124. The molecule has 2 N–H and O–H groups in total. The lowest BCUT2D eigenvalue weighted by Crippen LogP contribution is -2.33. The molecule has 2 rings (SSSR count). The summed E-state index contributed by atoms with van der Waals surface area (Å²) in [7, 11) is -3.56. The van der Waals surface area contributed by atoms with E-state index in [0.29, 0.717) is 12.5 Å². The third-order valence-corrected chi connectivity index (χ3v) is 5.94. The van der Waals surface area contributed by atoms with Crippen LogP contribution in [-0.2, 0) is 19.6 Å². The van der Waals surface area contributed by atoms with Crippen LogP contribution in [0.2, 0.25) is 0 Å². The van der Waals surface area contributed by atoms with Crippen LogP contribution in [-0.4, -0.2) is 40.0 Å². The molecular formula is C18H26N2O5S. The largest absolute Gasteiger partial charge is 0.452 e. The second-order valence-electron chi connectivity index (χ2n) is 6.41. The number of hydrogen-bond donors (Lipinski definition) is 2. The van der Waals surface area contributed by atoms with Gasteiger partial charge in [-0.1, -0.05) is 26.2 Å². The molecule has 1 aliphatic carbocycles. The third-order valence-electron chi connectivity index (χ3n) is 4.38. The molecule has 1 saturated carbocycles. The average molecular weight is 382 g/mol. The van der Waals surface area contributed by atoms with Gasteiger partial charge in [0.25, 0.3) is 5.91 Å². The van der Waals surface area contributed by atoms with Crippen LogP contribution >= 0.6 is 0 Å². The predicted octanol–water partition coefficient (Wildman–Crippen LogP) is 1.84. The van der Waals surface area contributed by atoms with E-state index < -0.39 is 16.0 Å². The van der Waals surface area contributed by atoms with Gasteiger partial charge in [0.15, 0.2) is 6.61 Å². The molecule has 0 bridgehead atoms. The minimum atomic E-state index is -3.56. The van der Waals surface area contributed by atoms with Gasteiger partial charge in [-0.2, -0.15) is 0 Å². The molecule has 0 unspecified atom stereocenters. The summed E-state index contributed by atoms with van der Waals surface area (Å²) in [6, 6.07) is 5.40. The van der Waals surface area contributed by atoms with Crippen LogP contribution in [0.1, 0.15) is 49.4 Å². The van der Waals surface area contributed by atoms with Gasteiger partial charge >= 0.3 is 5.97 Å². The van der Waals surface area contributed by atoms with Crippen molar-refractivity contribution < 1.29 is 22.7 Å². The van der Waals surface area contributed by atoms with Crippen LogP contribution in [0.5, 0.6) is 0 Å². The smallest absolute Gasteiger partial charge is 0.338 e. The zero-order valence-corrected chi connectivity index (χ0v) is 15.8. The Morgan fingerprint density at radius 1 is 1.12 bits per heavy atom. The van der Waals surface area contributed by atoms with E-state index in [0.717, 1.165) is 12.8 Å². The maximum absolute atomic E-state index is 12.0. The second-order valence-corrected chi connectivity index (χ2v) is 8.18. The van der Waals surface area contributed by atoms with E-state index >= 15 is 0 Å². The van der Waals surface area contributed by atoms with Crippen LogP contribution in [0.15, 0.2) is 29.2 Å². The molecule has 0 saturated heterocycles. The Kier molecular flexibility index (Phi) is 7.59. The van der Waals surface area contributed by atoms with Gasteiger partial charge in [0.05, 0.1) is 10.5 Å². The highest BCUT2D eigenvalue weighted by atomic mass is 32.2. The van der Waals surface area contributed by atoms with Crippen molar-refractivity contribution in [1.82, 2.24) is 10.0 Å². The number of hydrogen-bond acceptors (Lipinski definition) is 5. The molecule has 1 aromatic carbocycles. The number of rotatable bonds is 8. The lowest BCUT2D eigenvalue weighted by Gasteiger charge is -2.21. The van der Waals surface area contributed by atoms with Crippen molar-refractivity contribution >= 4 is 21.9 Å². The first-order valence-corrected chi connectivity index (χ1v) is 10.4. The Morgan fingerprint density at radius 2 is 1.77 bits per heavy atom. The molecule has 1 amide bonds. The number of nitrogens with one attached hydrogen (secondary N) is 2. The van der Waals surface area contributed by atoms with Crippen molar-refractivity contribution in [3.63, 3.8) is 0 Å². The Hall–Kier alpha value is -1.93. The summed E-state index contributed by atoms with van der Waals surface area (Å²) in [6.45, 7) is 2.24. The summed E-state index contributed by atoms with van der Waals surface area (Å²) in [5, 5.41) is 2.80. The fourth-order valence-electron chi connectivity index (χ4n) is 2.96. The van der Waals surface area contributed by atoms with Crippen LogP contribution in [0.25, 0.3) is 0 Å². The second kappa shape index (κ2) is 9.68. The number of sulfonamides is 1. The first-order valence-electron chi connectivity index (χ1n) is 8.96. The summed E-state index contributed by atoms with van der Waals surface area (Å²) in [4.78, 5) is 23.8. The topological polar surface area (TPSA) is 102 Å². The van der Waals surface area contributed by atoms with Crippen LogP contribution in [0, 0.1) is 5.92 Å². The first-order chi connectivity index (χ1) is 12.4. The monoisotopic (exact) mass is 382 g/mol. The van der Waals surface area contributed by atoms with Gasteiger partial charge in [-0.15, -0.1) is 0 Å². The molecule has 144 valence electrons. The van der Waals surface area contributed by atoms with Gasteiger partial charge in [-0.3, -0.25) is 4.79 Å². The fourth-order valence-corrected chi connectivity index (χ4v) is 4.00. The summed E-state index contributed by atoms with van der Waals surface area (Å²) < 4.78 is 31.1. The number of esters is 1. The van der Waals surface area contributed by atoms with E-state index in [9.17, 15) is 18.0 Å². The molecule has 7 nitrogen and oxygen atoms in total. The molecule has 1 aliphatic rings. The number of benzene rings is 1. The van der Waals surface area contributed by atoms with Gasteiger partial charge < -0.3 is 10.1 Å². The van der Waals surface area contributed by atoms with E-state index in [1.54, 1.807) is 6.92 Å². The highest BCUT2D eigenvalue weighted by Crippen LogP contribution is 2.22. The van der Waals surface area contributed by atoms with Crippen LogP contribution in [0.3, 0.4) is 0 Å². The third kappa shape index (κ3) is 6.10. The Morgan fingerprint density at radius 3 is 2.38 bits per heavy atom. The molecule has 0 heterocycles. The highest BCUT2D eigenvalue weighted by molar-refractivity contribution is 7.89. The van der Waals surface area contributed by atoms with Gasteiger partial charge in [-0.25, -0.2) is 17.9 Å². The summed E-state index contributed by atoms with van der Waals surface area (Å²) in [6.07, 6.45) is 5.92. The predicted molar refractivity (Wildman–Crippen MR) is 97.2 cm³/mol. The molecule has 0 aliphatic heterocycles. The Bertz CT molecular complexity index is 710. The van der Waals surface area contributed by atoms with E-state index in [1.807, 2.05) is 0 Å². The number of ether oxygens (including phenoxy) is 1. The molecule has 0 spiro atoms. The summed E-state index contributed by atoms with van der Waals surface area (Å²) >= 11 is 0. The molecule has 0 atom stereocenters. The Labute approximate surface area is 154 Å². The minimum Gasteiger partial charge on any atom is -0.452 e. The molecule has 26 heavy (non-hydrogen) atoms. The van der Waals surface area contributed by atoms with Crippen molar-refractivity contribution in [3.8, 4) is 0 Å². The van der Waals surface area contributed by atoms with Gasteiger partial charge in [0, 0.05) is 13.1 Å². The van der Waals surface area contributed by atoms with Crippen molar-refractivity contribution in [2.75, 3.05) is 19.7 Å². The van der Waals surface area contributed by atoms with Crippen molar-refractivity contribution in [2.24, 2.45) is 5.92 Å². The van der Waals surface area contributed by atoms with E-state index in [4.69, 9.17) is 4.74 Å². The SMILES string of the molecule is CCNS(=O)(=O)c1ccc(C(=O)OCC(=O)NCC2CCCCC2)cc1. The molecule has 1 fully saturated rings. The zero-order chi connectivity index (χ0) is 19.0. The van der Waals surface area contributed by atoms with E-state index in [1.165, 1.54) is 43.5 Å². The minimum absolute atomic E-state index is 0.0705. The number of amides is 1. The lowest BCUT2D eigenvalue weighted by atomic mass is 9.89. The highest BCUT2D eigenvalue weighted by Gasteiger charge is 2.17. The maximum atomic E-state index is 12.0. The average Bonchev–Trinajstić information content (AvgIpc) is 2.65. The van der Waals surface area contributed by atoms with E-state index in [2.05, 4.69) is 10.0 Å². The molecular weight excluding hydrogens is 356 g/mol. The van der Waals surface area contributed by atoms with Gasteiger partial charge in [0.2, 0.25) is 10.0 Å². The molecule has 8 heteroatoms. The summed E-state index contributed by atoms with van der Waals surface area (Å²) in [5.41, 5.74) is 0.195. The quantitative estimate of drug-likeness (QED) is 0.668. The van der Waals surface area contributed by atoms with Crippen molar-refractivity contribution in [1.29, 1.82) is 0 Å². The molecule has 1 aromatic rings. The first kappa shape index (κ1) is 20.4. The maximum Gasteiger partial charge on any atom is 0.338 e. The standard InChI is InChI=1S/C18H26N2O5S/c1-2-20-26(23,24)16-10-8-15(9-11-16)18(22)25-13-17(21)19-12-14-6-4-3-5-7-14/h8-11,14,20H,2-7,12-13H2,1H3,(H,19,21). The van der Waals surface area contributed by atoms with Crippen LogP contribution in [0.4, 0.5) is 0 Å². The number of carbonyl (C=O) groups excluding carboxylic acids is 2. The number of carbonyl (C=O) groups is 2. The van der Waals surface area contributed by atoms with Crippen LogP contribution < -0.4 is 10.0 Å². The van der Waals surface area contributed by atoms with Gasteiger partial charge in [-0.05, 0) is 43.0 Å². The molecule has 0 aromatic heterocycles. The van der Waals surface area contributed by atoms with Crippen molar-refractivity contribution in [2.45, 2.75) is 43.9 Å². The van der Waals surface area contributed by atoms with Gasteiger partial charge in [0.1, 0.15) is 0 Å². The van der Waals surface area contributed by atoms with E-state index in [-0.39, 0.29) is 29.5 Å². The molecule has 0 radical (unpaired) electrons. The fraction of sp³-hybridized carbons (Fsp3) is 0.556. The summed E-state index contributed by atoms with van der Waals surface area (Å²) in [5.74, 6) is -0.477. The van der Waals surface area contributed by atoms with Crippen molar-refractivity contribution in [3.05, 3.63) is 29.8 Å². The zero-order valence-electron chi connectivity index (χ0n) is 15.0. The Balaban J connectivity index is 1.79.